The summed E-state index contributed by atoms with van der Waals surface area (Å²) >= 11 is 3.41. The smallest absolute Gasteiger partial charge is 0.321 e. The number of para-hydroxylation sites is 1. The average molecular weight is 319 g/mol. The van der Waals surface area contributed by atoms with Gasteiger partial charge in [0.05, 0.1) is 0 Å². The molecule has 0 aliphatic carbocycles. The predicted octanol–water partition coefficient (Wildman–Crippen LogP) is 3.80. The Labute approximate surface area is 121 Å². The Bertz CT molecular complexity index is 557. The third-order valence-electron chi connectivity index (χ3n) is 2.78. The molecule has 0 heterocycles. The summed E-state index contributed by atoms with van der Waals surface area (Å²) in [5.74, 6) is 0. The fourth-order valence-corrected chi connectivity index (χ4v) is 2.16. The molecule has 0 aromatic heterocycles. The SMILES string of the molecule is CN(C(=O)NCc1cccc(Br)c1)c1ccccc1. The van der Waals surface area contributed by atoms with Crippen molar-refractivity contribution in [3.8, 4) is 0 Å². The van der Waals surface area contributed by atoms with E-state index in [4.69, 9.17) is 0 Å². The van der Waals surface area contributed by atoms with Crippen molar-refractivity contribution in [1.82, 2.24) is 5.32 Å². The van der Waals surface area contributed by atoms with Crippen LogP contribution < -0.4 is 10.2 Å². The van der Waals surface area contributed by atoms with E-state index in [1.165, 1.54) is 0 Å². The summed E-state index contributed by atoms with van der Waals surface area (Å²) in [6.07, 6.45) is 0. The highest BCUT2D eigenvalue weighted by Gasteiger charge is 2.09. The van der Waals surface area contributed by atoms with Crippen LogP contribution in [0.2, 0.25) is 0 Å². The third-order valence-corrected chi connectivity index (χ3v) is 3.27. The number of halogens is 1. The molecule has 2 aromatic carbocycles. The minimum absolute atomic E-state index is 0.119. The molecule has 0 atom stereocenters. The van der Waals surface area contributed by atoms with Gasteiger partial charge in [-0.15, -0.1) is 0 Å². The average Bonchev–Trinajstić information content (AvgIpc) is 2.45. The van der Waals surface area contributed by atoms with Gasteiger partial charge in [0, 0.05) is 23.8 Å². The zero-order chi connectivity index (χ0) is 13.7. The van der Waals surface area contributed by atoms with Gasteiger partial charge in [-0.25, -0.2) is 4.79 Å². The number of nitrogens with one attached hydrogen (secondary N) is 1. The molecule has 19 heavy (non-hydrogen) atoms. The van der Waals surface area contributed by atoms with Crippen LogP contribution in [0.15, 0.2) is 59.1 Å². The fourth-order valence-electron chi connectivity index (χ4n) is 1.71. The fraction of sp³-hybridized carbons (Fsp3) is 0.133. The number of hydrogen-bond donors (Lipinski definition) is 1. The number of amides is 2. The molecule has 0 spiro atoms. The molecule has 0 radical (unpaired) electrons. The number of urea groups is 1. The normalized spacial score (nSPS) is 10.0. The molecule has 0 aliphatic rings. The van der Waals surface area contributed by atoms with Crippen LogP contribution in [-0.2, 0) is 6.54 Å². The molecule has 2 amide bonds. The lowest BCUT2D eigenvalue weighted by Gasteiger charge is -2.18. The highest BCUT2D eigenvalue weighted by atomic mass is 79.9. The molecule has 0 fully saturated rings. The number of anilines is 1. The van der Waals surface area contributed by atoms with Gasteiger partial charge in [-0.05, 0) is 29.8 Å². The van der Waals surface area contributed by atoms with Crippen LogP contribution in [0.5, 0.6) is 0 Å². The summed E-state index contributed by atoms with van der Waals surface area (Å²) in [5.41, 5.74) is 1.93. The zero-order valence-electron chi connectivity index (χ0n) is 10.6. The summed E-state index contributed by atoms with van der Waals surface area (Å²) in [5, 5.41) is 2.89. The molecule has 1 N–H and O–H groups in total. The molecule has 3 nitrogen and oxygen atoms in total. The third kappa shape index (κ3) is 3.83. The molecule has 2 aromatic rings. The largest absolute Gasteiger partial charge is 0.334 e. The number of benzene rings is 2. The van der Waals surface area contributed by atoms with E-state index in [9.17, 15) is 4.79 Å². The van der Waals surface area contributed by atoms with E-state index in [1.807, 2.05) is 54.6 Å². The molecule has 2 rings (SSSR count). The second kappa shape index (κ2) is 6.38. The van der Waals surface area contributed by atoms with Crippen LogP contribution >= 0.6 is 15.9 Å². The second-order valence-corrected chi connectivity index (χ2v) is 5.10. The van der Waals surface area contributed by atoms with E-state index < -0.39 is 0 Å². The van der Waals surface area contributed by atoms with E-state index >= 15 is 0 Å². The lowest BCUT2D eigenvalue weighted by atomic mass is 10.2. The van der Waals surface area contributed by atoms with Gasteiger partial charge >= 0.3 is 6.03 Å². The second-order valence-electron chi connectivity index (χ2n) is 4.18. The lowest BCUT2D eigenvalue weighted by Crippen LogP contribution is -2.36. The van der Waals surface area contributed by atoms with Crippen molar-refractivity contribution < 1.29 is 4.79 Å². The van der Waals surface area contributed by atoms with Crippen molar-refractivity contribution in [3.63, 3.8) is 0 Å². The molecule has 4 heteroatoms. The first-order valence-electron chi connectivity index (χ1n) is 5.98. The summed E-state index contributed by atoms with van der Waals surface area (Å²) < 4.78 is 1.01. The van der Waals surface area contributed by atoms with E-state index in [0.29, 0.717) is 6.54 Å². The molecular weight excluding hydrogens is 304 g/mol. The number of rotatable bonds is 3. The van der Waals surface area contributed by atoms with Gasteiger partial charge in [-0.1, -0.05) is 46.3 Å². The lowest BCUT2D eigenvalue weighted by molar-refractivity contribution is 0.247. The molecule has 0 unspecified atom stereocenters. The van der Waals surface area contributed by atoms with Crippen molar-refractivity contribution in [2.75, 3.05) is 11.9 Å². The van der Waals surface area contributed by atoms with Gasteiger partial charge in [0.25, 0.3) is 0 Å². The Hall–Kier alpha value is -1.81. The van der Waals surface area contributed by atoms with Crippen LogP contribution in [0.3, 0.4) is 0 Å². The topological polar surface area (TPSA) is 32.3 Å². The number of hydrogen-bond acceptors (Lipinski definition) is 1. The quantitative estimate of drug-likeness (QED) is 0.917. The molecule has 98 valence electrons. The monoisotopic (exact) mass is 318 g/mol. The number of nitrogens with zero attached hydrogens (tertiary/aromatic N) is 1. The zero-order valence-corrected chi connectivity index (χ0v) is 12.2. The Morgan fingerprint density at radius 2 is 1.89 bits per heavy atom. The van der Waals surface area contributed by atoms with Gasteiger partial charge in [-0.2, -0.15) is 0 Å². The van der Waals surface area contributed by atoms with Gasteiger partial charge < -0.3 is 5.32 Å². The van der Waals surface area contributed by atoms with Crippen molar-refractivity contribution in [3.05, 3.63) is 64.6 Å². The van der Waals surface area contributed by atoms with Gasteiger partial charge in [0.2, 0.25) is 0 Å². The van der Waals surface area contributed by atoms with Gasteiger partial charge in [0.1, 0.15) is 0 Å². The van der Waals surface area contributed by atoms with E-state index in [2.05, 4.69) is 21.2 Å². The summed E-state index contributed by atoms with van der Waals surface area (Å²) in [7, 11) is 1.76. The van der Waals surface area contributed by atoms with Crippen LogP contribution in [0, 0.1) is 0 Å². The maximum atomic E-state index is 12.0. The maximum Gasteiger partial charge on any atom is 0.321 e. The number of carbonyl (C=O) groups excluding carboxylic acids is 1. The Balaban J connectivity index is 1.95. The first kappa shape index (κ1) is 13.6. The summed E-state index contributed by atoms with van der Waals surface area (Å²) in [6, 6.07) is 17.3. The highest BCUT2D eigenvalue weighted by molar-refractivity contribution is 9.10. The molecule has 0 aliphatic heterocycles. The van der Waals surface area contributed by atoms with Crippen molar-refractivity contribution in [2.24, 2.45) is 0 Å². The van der Waals surface area contributed by atoms with Crippen molar-refractivity contribution in [1.29, 1.82) is 0 Å². The minimum Gasteiger partial charge on any atom is -0.334 e. The Morgan fingerprint density at radius 1 is 1.16 bits per heavy atom. The number of carbonyl (C=O) groups is 1. The maximum absolute atomic E-state index is 12.0. The van der Waals surface area contributed by atoms with Crippen LogP contribution in [0.1, 0.15) is 5.56 Å². The van der Waals surface area contributed by atoms with Crippen molar-refractivity contribution in [2.45, 2.75) is 6.54 Å². The van der Waals surface area contributed by atoms with Crippen molar-refractivity contribution >= 4 is 27.6 Å². The first-order valence-corrected chi connectivity index (χ1v) is 6.77. The Morgan fingerprint density at radius 3 is 2.58 bits per heavy atom. The van der Waals surface area contributed by atoms with E-state index in [-0.39, 0.29) is 6.03 Å². The predicted molar refractivity (Wildman–Crippen MR) is 81.2 cm³/mol. The molecular formula is C15H15BrN2O. The van der Waals surface area contributed by atoms with Crippen LogP contribution in [-0.4, -0.2) is 13.1 Å². The van der Waals surface area contributed by atoms with Gasteiger partial charge in [0.15, 0.2) is 0 Å². The Kier molecular flexibility index (Phi) is 4.58. The summed E-state index contributed by atoms with van der Waals surface area (Å²) in [6.45, 7) is 0.509. The summed E-state index contributed by atoms with van der Waals surface area (Å²) in [4.78, 5) is 13.6. The van der Waals surface area contributed by atoms with E-state index in [1.54, 1.807) is 11.9 Å². The highest BCUT2D eigenvalue weighted by Crippen LogP contribution is 2.13. The van der Waals surface area contributed by atoms with Gasteiger partial charge in [-0.3, -0.25) is 4.90 Å². The van der Waals surface area contributed by atoms with E-state index in [0.717, 1.165) is 15.7 Å². The van der Waals surface area contributed by atoms with Crippen LogP contribution in [0.4, 0.5) is 10.5 Å². The van der Waals surface area contributed by atoms with Crippen LogP contribution in [0.25, 0.3) is 0 Å². The standard InChI is InChI=1S/C15H15BrN2O/c1-18(14-8-3-2-4-9-14)15(19)17-11-12-6-5-7-13(16)10-12/h2-10H,11H2,1H3,(H,17,19). The molecule has 0 saturated carbocycles. The molecule has 0 bridgehead atoms. The first-order chi connectivity index (χ1) is 9.16. The minimum atomic E-state index is -0.119. The molecule has 0 saturated heterocycles.